The van der Waals surface area contributed by atoms with Gasteiger partial charge in [0.15, 0.2) is 0 Å². The number of hydrogen-bond donors (Lipinski definition) is 2. The lowest BCUT2D eigenvalue weighted by atomic mass is 9.92. The summed E-state index contributed by atoms with van der Waals surface area (Å²) < 4.78 is 0. The SMILES string of the molecule is C=C/C(O)=C\CCC(=Nc1ccc2[nH]ncc2c1)C1=CCC1. The molecule has 1 aromatic heterocycles. The minimum absolute atomic E-state index is 0.224. The molecule has 4 nitrogen and oxygen atoms in total. The number of benzene rings is 1. The topological polar surface area (TPSA) is 61.3 Å². The Bertz CT molecular complexity index is 780. The molecule has 1 heterocycles. The highest BCUT2D eigenvalue weighted by Gasteiger charge is 2.12. The average molecular weight is 293 g/mol. The van der Waals surface area contributed by atoms with Crippen molar-refractivity contribution in [3.8, 4) is 0 Å². The zero-order valence-corrected chi connectivity index (χ0v) is 12.4. The van der Waals surface area contributed by atoms with Crippen molar-refractivity contribution in [2.75, 3.05) is 0 Å². The first-order chi connectivity index (χ1) is 10.8. The Kier molecular flexibility index (Phi) is 4.19. The van der Waals surface area contributed by atoms with Crippen LogP contribution in [0.4, 0.5) is 5.69 Å². The lowest BCUT2D eigenvalue weighted by Crippen LogP contribution is -2.08. The Morgan fingerprint density at radius 2 is 2.32 bits per heavy atom. The van der Waals surface area contributed by atoms with E-state index in [0.29, 0.717) is 0 Å². The van der Waals surface area contributed by atoms with Crippen LogP contribution in [0.2, 0.25) is 0 Å². The second kappa shape index (κ2) is 6.43. The number of allylic oxidation sites excluding steroid dienone is 4. The number of fused-ring (bicyclic) bond motifs is 1. The minimum Gasteiger partial charge on any atom is -0.508 e. The van der Waals surface area contributed by atoms with E-state index in [0.717, 1.165) is 48.0 Å². The number of rotatable bonds is 6. The molecule has 0 atom stereocenters. The molecule has 0 radical (unpaired) electrons. The zero-order valence-electron chi connectivity index (χ0n) is 12.4. The number of nitrogens with one attached hydrogen (secondary N) is 1. The van der Waals surface area contributed by atoms with Crippen molar-refractivity contribution < 1.29 is 5.11 Å². The third kappa shape index (κ3) is 3.17. The van der Waals surface area contributed by atoms with E-state index in [1.807, 2.05) is 24.4 Å². The maximum Gasteiger partial charge on any atom is 0.111 e. The van der Waals surface area contributed by atoms with Crippen LogP contribution in [0, 0.1) is 0 Å². The van der Waals surface area contributed by atoms with Crippen LogP contribution < -0.4 is 0 Å². The van der Waals surface area contributed by atoms with Crippen LogP contribution in [0.15, 0.2) is 65.5 Å². The molecule has 4 heteroatoms. The van der Waals surface area contributed by atoms with Crippen LogP contribution in [0.25, 0.3) is 10.9 Å². The molecule has 3 rings (SSSR count). The van der Waals surface area contributed by atoms with Gasteiger partial charge in [0.05, 0.1) is 17.4 Å². The lowest BCUT2D eigenvalue weighted by molar-refractivity contribution is 0.430. The van der Waals surface area contributed by atoms with E-state index in [9.17, 15) is 5.11 Å². The molecule has 0 aliphatic heterocycles. The Morgan fingerprint density at radius 1 is 1.45 bits per heavy atom. The number of aliphatic imine (C=N–C) groups is 1. The van der Waals surface area contributed by atoms with Gasteiger partial charge in [0.25, 0.3) is 0 Å². The molecule has 0 unspecified atom stereocenters. The quantitative estimate of drug-likeness (QED) is 0.458. The fourth-order valence-electron chi connectivity index (χ4n) is 2.43. The van der Waals surface area contributed by atoms with Gasteiger partial charge in [-0.2, -0.15) is 5.10 Å². The van der Waals surface area contributed by atoms with Gasteiger partial charge in [-0.3, -0.25) is 10.1 Å². The number of aromatic nitrogens is 2. The van der Waals surface area contributed by atoms with Gasteiger partial charge in [0.1, 0.15) is 5.76 Å². The number of hydrogen-bond acceptors (Lipinski definition) is 3. The van der Waals surface area contributed by atoms with Gasteiger partial charge in [-0.1, -0.05) is 12.7 Å². The summed E-state index contributed by atoms with van der Waals surface area (Å²) in [6.07, 6.45) is 11.0. The molecule has 1 aliphatic rings. The summed E-state index contributed by atoms with van der Waals surface area (Å²) in [5, 5.41) is 17.5. The van der Waals surface area contributed by atoms with Crippen molar-refractivity contribution in [3.63, 3.8) is 0 Å². The van der Waals surface area contributed by atoms with Crippen molar-refractivity contribution in [2.24, 2.45) is 4.99 Å². The van der Waals surface area contributed by atoms with E-state index in [1.54, 1.807) is 6.08 Å². The molecular weight excluding hydrogens is 274 g/mol. The average Bonchev–Trinajstić information content (AvgIpc) is 2.92. The number of aliphatic hydroxyl groups excluding tert-OH is 1. The summed E-state index contributed by atoms with van der Waals surface area (Å²) in [5.41, 5.74) is 4.37. The van der Waals surface area contributed by atoms with Crippen LogP contribution in [0.3, 0.4) is 0 Å². The normalized spacial score (nSPS) is 15.5. The third-order valence-corrected chi connectivity index (χ3v) is 3.81. The van der Waals surface area contributed by atoms with Crippen molar-refractivity contribution >= 4 is 22.3 Å². The molecule has 1 aliphatic carbocycles. The predicted molar refractivity (Wildman–Crippen MR) is 90.6 cm³/mol. The standard InChI is InChI=1S/C18H19N3O/c1-2-16(22)7-4-8-17(13-5-3-6-13)20-15-9-10-18-14(11-15)12-19-21-18/h2,5,7,9-12,22H,1,3-4,6,8H2,(H,19,21)/b16-7+,20-17?. The molecule has 112 valence electrons. The van der Waals surface area contributed by atoms with E-state index < -0.39 is 0 Å². The third-order valence-electron chi connectivity index (χ3n) is 3.81. The molecule has 2 aromatic rings. The van der Waals surface area contributed by atoms with Crippen molar-refractivity contribution in [1.29, 1.82) is 0 Å². The molecule has 22 heavy (non-hydrogen) atoms. The van der Waals surface area contributed by atoms with Crippen LogP contribution in [0.5, 0.6) is 0 Å². The van der Waals surface area contributed by atoms with Gasteiger partial charge < -0.3 is 5.11 Å². The highest BCUT2D eigenvalue weighted by molar-refractivity contribution is 6.03. The highest BCUT2D eigenvalue weighted by atomic mass is 16.3. The van der Waals surface area contributed by atoms with E-state index >= 15 is 0 Å². The monoisotopic (exact) mass is 293 g/mol. The molecule has 0 saturated heterocycles. The Morgan fingerprint density at radius 3 is 3.05 bits per heavy atom. The molecule has 2 N–H and O–H groups in total. The Balaban J connectivity index is 1.82. The fraction of sp³-hybridized carbons (Fsp3) is 0.222. The molecular formula is C18H19N3O. The number of nitrogens with zero attached hydrogens (tertiary/aromatic N) is 2. The summed E-state index contributed by atoms with van der Waals surface area (Å²) in [5.74, 6) is 0.224. The van der Waals surface area contributed by atoms with Crippen LogP contribution in [-0.2, 0) is 0 Å². The summed E-state index contributed by atoms with van der Waals surface area (Å²) >= 11 is 0. The Hall–Kier alpha value is -2.62. The molecule has 0 saturated carbocycles. The first-order valence-electron chi connectivity index (χ1n) is 7.48. The molecule has 0 fully saturated rings. The van der Waals surface area contributed by atoms with Gasteiger partial charge in [-0.25, -0.2) is 0 Å². The van der Waals surface area contributed by atoms with E-state index in [-0.39, 0.29) is 5.76 Å². The van der Waals surface area contributed by atoms with Gasteiger partial charge in [-0.15, -0.1) is 0 Å². The summed E-state index contributed by atoms with van der Waals surface area (Å²) in [4.78, 5) is 4.80. The summed E-state index contributed by atoms with van der Waals surface area (Å²) in [7, 11) is 0. The zero-order chi connectivity index (χ0) is 15.4. The molecule has 0 amide bonds. The lowest BCUT2D eigenvalue weighted by Gasteiger charge is -2.16. The van der Waals surface area contributed by atoms with E-state index in [2.05, 4.69) is 22.9 Å². The van der Waals surface area contributed by atoms with Gasteiger partial charge in [0, 0.05) is 11.1 Å². The largest absolute Gasteiger partial charge is 0.508 e. The smallest absolute Gasteiger partial charge is 0.111 e. The highest BCUT2D eigenvalue weighted by Crippen LogP contribution is 2.26. The second-order valence-corrected chi connectivity index (χ2v) is 5.34. The number of H-pyrrole nitrogens is 1. The van der Waals surface area contributed by atoms with Gasteiger partial charge in [0.2, 0.25) is 0 Å². The van der Waals surface area contributed by atoms with E-state index in [4.69, 9.17) is 4.99 Å². The van der Waals surface area contributed by atoms with Crippen LogP contribution in [0.1, 0.15) is 25.7 Å². The first-order valence-corrected chi connectivity index (χ1v) is 7.48. The number of aliphatic hydroxyl groups is 1. The summed E-state index contributed by atoms with van der Waals surface area (Å²) in [6, 6.07) is 6.03. The van der Waals surface area contributed by atoms with Crippen molar-refractivity contribution in [1.82, 2.24) is 10.2 Å². The predicted octanol–water partition coefficient (Wildman–Crippen LogP) is 4.76. The Labute approximate surface area is 129 Å². The van der Waals surface area contributed by atoms with Gasteiger partial charge in [-0.05, 0) is 61.6 Å². The van der Waals surface area contributed by atoms with Crippen LogP contribution in [-0.4, -0.2) is 21.0 Å². The second-order valence-electron chi connectivity index (χ2n) is 5.34. The van der Waals surface area contributed by atoms with Crippen LogP contribution >= 0.6 is 0 Å². The fourth-order valence-corrected chi connectivity index (χ4v) is 2.43. The van der Waals surface area contributed by atoms with Crippen molar-refractivity contribution in [2.45, 2.75) is 25.7 Å². The maximum atomic E-state index is 9.44. The van der Waals surface area contributed by atoms with Gasteiger partial charge >= 0.3 is 0 Å². The number of aromatic amines is 1. The minimum atomic E-state index is 0.224. The van der Waals surface area contributed by atoms with Crippen molar-refractivity contribution in [3.05, 3.63) is 60.5 Å². The molecule has 0 bridgehead atoms. The van der Waals surface area contributed by atoms with E-state index in [1.165, 1.54) is 11.6 Å². The summed E-state index contributed by atoms with van der Waals surface area (Å²) in [6.45, 7) is 3.54. The first kappa shape index (κ1) is 14.3. The maximum absolute atomic E-state index is 9.44. The molecule has 1 aromatic carbocycles. The molecule has 0 spiro atoms.